The van der Waals surface area contributed by atoms with Gasteiger partial charge in [-0.05, 0) is 56.5 Å². The third-order valence-corrected chi connectivity index (χ3v) is 6.81. The SMILES string of the molecule is Cc1nc(C)c(-c2nc(Cc3ccc(F)cc3)no2)c(C2CCN(C(=O)Cc3c(F)cccc3F)CC2)n1. The maximum Gasteiger partial charge on any atom is 0.261 e. The van der Waals surface area contributed by atoms with Crippen LogP contribution in [0, 0.1) is 31.3 Å². The zero-order chi connectivity index (χ0) is 26.8. The molecule has 1 saturated heterocycles. The maximum atomic E-state index is 14.0. The zero-order valence-corrected chi connectivity index (χ0v) is 21.0. The van der Waals surface area contributed by atoms with Crippen LogP contribution in [0.25, 0.3) is 11.5 Å². The molecule has 10 heteroatoms. The lowest BCUT2D eigenvalue weighted by Crippen LogP contribution is -2.39. The van der Waals surface area contributed by atoms with Crippen molar-refractivity contribution >= 4 is 5.91 Å². The molecule has 3 heterocycles. The van der Waals surface area contributed by atoms with Crippen LogP contribution in [-0.4, -0.2) is 44.0 Å². The smallest absolute Gasteiger partial charge is 0.261 e. The lowest BCUT2D eigenvalue weighted by Gasteiger charge is -2.32. The molecule has 0 saturated carbocycles. The third-order valence-electron chi connectivity index (χ3n) is 6.81. The van der Waals surface area contributed by atoms with E-state index in [1.165, 1.54) is 18.2 Å². The number of nitrogens with zero attached hydrogens (tertiary/aromatic N) is 5. The van der Waals surface area contributed by atoms with Crippen LogP contribution in [0.2, 0.25) is 0 Å². The van der Waals surface area contributed by atoms with Crippen molar-refractivity contribution in [2.75, 3.05) is 13.1 Å². The van der Waals surface area contributed by atoms with Crippen molar-refractivity contribution < 1.29 is 22.5 Å². The number of halogens is 3. The first-order valence-corrected chi connectivity index (χ1v) is 12.4. The van der Waals surface area contributed by atoms with Crippen LogP contribution in [0.4, 0.5) is 13.2 Å². The van der Waals surface area contributed by atoms with E-state index in [1.807, 2.05) is 13.8 Å². The number of carbonyl (C=O) groups excluding carboxylic acids is 1. The quantitative estimate of drug-likeness (QED) is 0.351. The van der Waals surface area contributed by atoms with E-state index in [0.29, 0.717) is 61.1 Å². The predicted molar refractivity (Wildman–Crippen MR) is 133 cm³/mol. The standard InChI is InChI=1S/C28H26F3N5O2/c1-16-26(28-34-24(35-38-28)14-18-6-8-20(29)9-7-18)27(33-17(2)32-16)19-10-12-36(13-11-19)25(37)15-21-22(30)4-3-5-23(21)31/h3-9,19H,10-15H2,1-2H3. The van der Waals surface area contributed by atoms with Crippen molar-refractivity contribution in [2.45, 2.75) is 45.4 Å². The minimum Gasteiger partial charge on any atom is -0.342 e. The summed E-state index contributed by atoms with van der Waals surface area (Å²) in [6.07, 6.45) is 1.29. The predicted octanol–water partition coefficient (Wildman–Crippen LogP) is 5.10. The van der Waals surface area contributed by atoms with Gasteiger partial charge in [0.05, 0.1) is 23.4 Å². The Morgan fingerprint density at radius 2 is 1.66 bits per heavy atom. The Kier molecular flexibility index (Phi) is 7.22. The molecule has 2 aromatic heterocycles. The number of amides is 1. The second kappa shape index (κ2) is 10.7. The van der Waals surface area contributed by atoms with Crippen molar-refractivity contribution in [3.05, 3.63) is 94.1 Å². The second-order valence-corrected chi connectivity index (χ2v) is 9.47. The van der Waals surface area contributed by atoms with Crippen molar-refractivity contribution in [3.63, 3.8) is 0 Å². The van der Waals surface area contributed by atoms with Gasteiger partial charge in [0, 0.05) is 31.0 Å². The lowest BCUT2D eigenvalue weighted by molar-refractivity contribution is -0.131. The van der Waals surface area contributed by atoms with Gasteiger partial charge < -0.3 is 9.42 Å². The highest BCUT2D eigenvalue weighted by molar-refractivity contribution is 5.79. The van der Waals surface area contributed by atoms with Gasteiger partial charge >= 0.3 is 0 Å². The van der Waals surface area contributed by atoms with E-state index in [4.69, 9.17) is 9.51 Å². The average molecular weight is 522 g/mol. The molecule has 0 radical (unpaired) electrons. The second-order valence-electron chi connectivity index (χ2n) is 9.47. The van der Waals surface area contributed by atoms with Crippen LogP contribution in [0.1, 0.15) is 52.9 Å². The fourth-order valence-electron chi connectivity index (χ4n) is 4.88. The van der Waals surface area contributed by atoms with E-state index in [-0.39, 0.29) is 29.6 Å². The molecule has 1 fully saturated rings. The topological polar surface area (TPSA) is 85.0 Å². The molecule has 5 rings (SSSR count). The molecule has 0 N–H and O–H groups in total. The average Bonchev–Trinajstić information content (AvgIpc) is 3.35. The van der Waals surface area contributed by atoms with Gasteiger partial charge in [-0.3, -0.25) is 4.79 Å². The summed E-state index contributed by atoms with van der Waals surface area (Å²) in [4.78, 5) is 28.2. The Morgan fingerprint density at radius 1 is 0.974 bits per heavy atom. The van der Waals surface area contributed by atoms with E-state index in [9.17, 15) is 18.0 Å². The fourth-order valence-corrected chi connectivity index (χ4v) is 4.88. The molecule has 4 aromatic rings. The highest BCUT2D eigenvalue weighted by atomic mass is 19.1. The van der Waals surface area contributed by atoms with Gasteiger partial charge in [0.25, 0.3) is 5.89 Å². The van der Waals surface area contributed by atoms with E-state index in [2.05, 4.69) is 15.1 Å². The molecule has 0 bridgehead atoms. The highest BCUT2D eigenvalue weighted by Crippen LogP contribution is 2.35. The Hall–Kier alpha value is -4.08. The molecule has 196 valence electrons. The van der Waals surface area contributed by atoms with Crippen molar-refractivity contribution in [3.8, 4) is 11.5 Å². The molecule has 7 nitrogen and oxygen atoms in total. The Balaban J connectivity index is 1.32. The van der Waals surface area contributed by atoms with E-state index in [0.717, 1.165) is 23.4 Å². The largest absolute Gasteiger partial charge is 0.342 e. The van der Waals surface area contributed by atoms with Crippen molar-refractivity contribution in [1.82, 2.24) is 25.0 Å². The van der Waals surface area contributed by atoms with Crippen molar-refractivity contribution in [2.24, 2.45) is 0 Å². The van der Waals surface area contributed by atoms with Crippen LogP contribution >= 0.6 is 0 Å². The number of likely N-dealkylation sites (tertiary alicyclic amines) is 1. The van der Waals surface area contributed by atoms with Crippen molar-refractivity contribution in [1.29, 1.82) is 0 Å². The number of carbonyl (C=O) groups is 1. The molecule has 0 aliphatic carbocycles. The number of hydrogen-bond donors (Lipinski definition) is 0. The molecular weight excluding hydrogens is 495 g/mol. The summed E-state index contributed by atoms with van der Waals surface area (Å²) in [7, 11) is 0. The number of rotatable bonds is 6. The van der Waals surface area contributed by atoms with Gasteiger partial charge in [-0.15, -0.1) is 0 Å². The Bertz CT molecular complexity index is 1440. The number of piperidine rings is 1. The van der Waals surface area contributed by atoms with E-state index in [1.54, 1.807) is 17.0 Å². The van der Waals surface area contributed by atoms with Gasteiger partial charge in [0.1, 0.15) is 23.3 Å². The highest BCUT2D eigenvalue weighted by Gasteiger charge is 2.30. The molecule has 1 aliphatic heterocycles. The molecule has 0 atom stereocenters. The van der Waals surface area contributed by atoms with E-state index < -0.39 is 11.6 Å². The molecule has 38 heavy (non-hydrogen) atoms. The van der Waals surface area contributed by atoms with Gasteiger partial charge in [-0.25, -0.2) is 23.1 Å². The van der Waals surface area contributed by atoms with Crippen LogP contribution < -0.4 is 0 Å². The first kappa shape index (κ1) is 25.6. The maximum absolute atomic E-state index is 14.0. The van der Waals surface area contributed by atoms with Crippen LogP contribution in [0.3, 0.4) is 0 Å². The molecule has 0 spiro atoms. The number of hydrogen-bond acceptors (Lipinski definition) is 6. The summed E-state index contributed by atoms with van der Waals surface area (Å²) in [5, 5.41) is 4.10. The zero-order valence-electron chi connectivity index (χ0n) is 21.0. The van der Waals surface area contributed by atoms with Gasteiger partial charge in [0.15, 0.2) is 5.82 Å². The van der Waals surface area contributed by atoms with Crippen LogP contribution in [0.15, 0.2) is 47.0 Å². The van der Waals surface area contributed by atoms with Crippen LogP contribution in [-0.2, 0) is 17.6 Å². The summed E-state index contributed by atoms with van der Waals surface area (Å²) in [5.41, 5.74) is 2.80. The Morgan fingerprint density at radius 3 is 2.34 bits per heavy atom. The number of benzene rings is 2. The number of aryl methyl sites for hydroxylation is 2. The first-order valence-electron chi connectivity index (χ1n) is 12.4. The summed E-state index contributed by atoms with van der Waals surface area (Å²) < 4.78 is 46.9. The first-order chi connectivity index (χ1) is 18.3. The monoisotopic (exact) mass is 521 g/mol. The minimum absolute atomic E-state index is 0.00657. The van der Waals surface area contributed by atoms with E-state index >= 15 is 0 Å². The minimum atomic E-state index is -0.719. The molecule has 2 aromatic carbocycles. The summed E-state index contributed by atoms with van der Waals surface area (Å²) in [6.45, 7) is 4.54. The molecule has 0 unspecified atom stereocenters. The van der Waals surface area contributed by atoms with Crippen LogP contribution in [0.5, 0.6) is 0 Å². The molecular formula is C28H26F3N5O2. The molecule has 1 amide bonds. The molecule has 1 aliphatic rings. The summed E-state index contributed by atoms with van der Waals surface area (Å²) in [6, 6.07) is 9.71. The number of aromatic nitrogens is 4. The van der Waals surface area contributed by atoms with Gasteiger partial charge in [0.2, 0.25) is 5.91 Å². The normalized spacial score (nSPS) is 14.2. The third kappa shape index (κ3) is 5.44. The van der Waals surface area contributed by atoms with Gasteiger partial charge in [-0.2, -0.15) is 4.98 Å². The van der Waals surface area contributed by atoms with Gasteiger partial charge in [-0.1, -0.05) is 23.4 Å². The Labute approximate surface area is 217 Å². The summed E-state index contributed by atoms with van der Waals surface area (Å²) in [5.74, 6) is -0.683. The lowest BCUT2D eigenvalue weighted by atomic mass is 9.89. The fraction of sp³-hybridized carbons (Fsp3) is 0.321. The summed E-state index contributed by atoms with van der Waals surface area (Å²) >= 11 is 0.